The fraction of sp³-hybridized carbons (Fsp3) is 0.533. The van der Waals surface area contributed by atoms with Crippen molar-refractivity contribution in [2.75, 3.05) is 0 Å². The molecule has 3 rings (SSSR count). The summed E-state index contributed by atoms with van der Waals surface area (Å²) in [6.45, 7) is 0. The van der Waals surface area contributed by atoms with Crippen molar-refractivity contribution >= 4 is 11.9 Å². The van der Waals surface area contributed by atoms with Gasteiger partial charge in [-0.05, 0) is 25.0 Å². The molecule has 1 aliphatic heterocycles. The van der Waals surface area contributed by atoms with E-state index < -0.39 is 42.2 Å². The highest BCUT2D eigenvalue weighted by molar-refractivity contribution is 5.99. The third kappa shape index (κ3) is 3.42. The maximum atomic E-state index is 13.5. The summed E-state index contributed by atoms with van der Waals surface area (Å²) >= 11 is 0. The molecule has 11 heteroatoms. The monoisotopic (exact) mass is 376 g/mol. The largest absolute Gasteiger partial charge is 0.433 e. The molecule has 1 saturated carbocycles. The van der Waals surface area contributed by atoms with Crippen LogP contribution in [0.4, 0.5) is 22.0 Å². The van der Waals surface area contributed by atoms with Gasteiger partial charge in [0.15, 0.2) is 11.9 Å². The molecule has 0 amide bonds. The highest BCUT2D eigenvalue weighted by atomic mass is 19.4. The molecular weight excluding hydrogens is 359 g/mol. The van der Waals surface area contributed by atoms with E-state index in [2.05, 4.69) is 20.3 Å². The van der Waals surface area contributed by atoms with Crippen LogP contribution in [-0.4, -0.2) is 22.8 Å². The van der Waals surface area contributed by atoms with Crippen LogP contribution in [0.3, 0.4) is 0 Å². The van der Waals surface area contributed by atoms with Crippen molar-refractivity contribution in [2.45, 2.75) is 43.4 Å². The number of hydrogen-bond acceptors (Lipinski definition) is 6. The molecule has 2 heterocycles. The first kappa shape index (κ1) is 18.3. The molecule has 0 aromatic carbocycles. The van der Waals surface area contributed by atoms with Crippen LogP contribution >= 0.6 is 0 Å². The standard InChI is InChI=1S/C15H17F5N6/c16-13(17)6-4-8(5-7-13)14(25-11(21)24-12(22)26-14)9-2-1-3-10(23-9)15(18,19)20/h1-3,8H,4-7H2,(H5,21,22,24,25,26). The SMILES string of the molecule is NC1=NC(c2cccc(C(F)(F)F)n2)(C2CCC(F)(F)CC2)N=C(N)N1. The molecule has 0 unspecified atom stereocenters. The van der Waals surface area contributed by atoms with E-state index in [9.17, 15) is 22.0 Å². The Labute approximate surface area is 145 Å². The summed E-state index contributed by atoms with van der Waals surface area (Å²) in [5, 5.41) is 2.46. The molecule has 0 radical (unpaired) electrons. The van der Waals surface area contributed by atoms with Crippen LogP contribution in [0.2, 0.25) is 0 Å². The Bertz CT molecular complexity index is 729. The number of guanidine groups is 2. The normalized spacial score (nSPS) is 23.0. The fourth-order valence-electron chi connectivity index (χ4n) is 3.33. The summed E-state index contributed by atoms with van der Waals surface area (Å²) in [6.07, 6.45) is -5.52. The molecule has 1 fully saturated rings. The molecule has 5 N–H and O–H groups in total. The molecule has 1 aliphatic carbocycles. The van der Waals surface area contributed by atoms with E-state index in [0.29, 0.717) is 0 Å². The molecule has 2 aliphatic rings. The maximum Gasteiger partial charge on any atom is 0.433 e. The van der Waals surface area contributed by atoms with Crippen LogP contribution in [0.1, 0.15) is 37.1 Å². The van der Waals surface area contributed by atoms with Crippen LogP contribution in [-0.2, 0) is 11.8 Å². The van der Waals surface area contributed by atoms with E-state index in [-0.39, 0.29) is 30.5 Å². The van der Waals surface area contributed by atoms with Crippen molar-refractivity contribution in [2.24, 2.45) is 27.4 Å². The Hall–Kier alpha value is -2.46. The van der Waals surface area contributed by atoms with Gasteiger partial charge >= 0.3 is 6.18 Å². The average Bonchev–Trinajstić information content (AvgIpc) is 2.53. The van der Waals surface area contributed by atoms with Gasteiger partial charge in [0.2, 0.25) is 11.6 Å². The lowest BCUT2D eigenvalue weighted by Gasteiger charge is -2.40. The van der Waals surface area contributed by atoms with Gasteiger partial charge in [-0.3, -0.25) is 5.32 Å². The highest BCUT2D eigenvalue weighted by Crippen LogP contribution is 2.47. The number of rotatable bonds is 2. The Morgan fingerprint density at radius 1 is 1.04 bits per heavy atom. The van der Waals surface area contributed by atoms with Gasteiger partial charge in [-0.2, -0.15) is 13.2 Å². The summed E-state index contributed by atoms with van der Waals surface area (Å²) in [5.41, 5.74) is 8.48. The number of nitrogens with zero attached hydrogens (tertiary/aromatic N) is 3. The Morgan fingerprint density at radius 3 is 2.15 bits per heavy atom. The van der Waals surface area contributed by atoms with Crippen LogP contribution in [0.25, 0.3) is 0 Å². The van der Waals surface area contributed by atoms with E-state index >= 15 is 0 Å². The van der Waals surface area contributed by atoms with Gasteiger partial charge in [0, 0.05) is 18.8 Å². The molecule has 0 atom stereocenters. The summed E-state index contributed by atoms with van der Waals surface area (Å²) < 4.78 is 66.3. The number of nitrogens with two attached hydrogens (primary N) is 2. The van der Waals surface area contributed by atoms with Gasteiger partial charge in [-0.15, -0.1) is 0 Å². The first-order valence-corrected chi connectivity index (χ1v) is 7.92. The van der Waals surface area contributed by atoms with Crippen molar-refractivity contribution in [1.82, 2.24) is 10.3 Å². The number of pyridine rings is 1. The zero-order valence-corrected chi connectivity index (χ0v) is 13.5. The van der Waals surface area contributed by atoms with Crippen molar-refractivity contribution in [1.29, 1.82) is 0 Å². The molecule has 26 heavy (non-hydrogen) atoms. The predicted octanol–water partition coefficient (Wildman–Crippen LogP) is 2.31. The zero-order valence-electron chi connectivity index (χ0n) is 13.5. The quantitative estimate of drug-likeness (QED) is 0.690. The second kappa shape index (κ2) is 6.06. The number of aliphatic imine (C=N–C) groups is 2. The Balaban J connectivity index is 2.10. The summed E-state index contributed by atoms with van der Waals surface area (Å²) in [6, 6.07) is 3.30. The number of halogens is 5. The smallest absolute Gasteiger partial charge is 0.370 e. The van der Waals surface area contributed by atoms with Gasteiger partial charge in [0.05, 0.1) is 5.69 Å². The molecule has 0 spiro atoms. The lowest BCUT2D eigenvalue weighted by atomic mass is 9.77. The fourth-order valence-corrected chi connectivity index (χ4v) is 3.33. The first-order chi connectivity index (χ1) is 12.0. The van der Waals surface area contributed by atoms with E-state index in [1.54, 1.807) is 0 Å². The Kier molecular flexibility index (Phi) is 4.27. The maximum absolute atomic E-state index is 13.5. The van der Waals surface area contributed by atoms with Gasteiger partial charge in [0.25, 0.3) is 0 Å². The van der Waals surface area contributed by atoms with E-state index in [4.69, 9.17) is 11.5 Å². The van der Waals surface area contributed by atoms with Crippen molar-refractivity contribution in [3.8, 4) is 0 Å². The van der Waals surface area contributed by atoms with Gasteiger partial charge in [-0.1, -0.05) is 6.07 Å². The van der Waals surface area contributed by atoms with E-state index in [1.165, 1.54) is 12.1 Å². The number of alkyl halides is 5. The summed E-state index contributed by atoms with van der Waals surface area (Å²) in [7, 11) is 0. The minimum atomic E-state index is -4.67. The summed E-state index contributed by atoms with van der Waals surface area (Å²) in [5.74, 6) is -3.75. The van der Waals surface area contributed by atoms with Crippen molar-refractivity contribution in [3.63, 3.8) is 0 Å². The van der Waals surface area contributed by atoms with Crippen LogP contribution in [0.15, 0.2) is 28.2 Å². The number of hydrogen-bond donors (Lipinski definition) is 3. The van der Waals surface area contributed by atoms with Gasteiger partial charge < -0.3 is 11.5 Å². The van der Waals surface area contributed by atoms with Crippen LogP contribution in [0, 0.1) is 5.92 Å². The van der Waals surface area contributed by atoms with Crippen molar-refractivity contribution in [3.05, 3.63) is 29.6 Å². The number of aromatic nitrogens is 1. The minimum Gasteiger partial charge on any atom is -0.370 e. The molecule has 1 aromatic rings. The highest BCUT2D eigenvalue weighted by Gasteiger charge is 2.49. The third-order valence-corrected chi connectivity index (χ3v) is 4.54. The number of nitrogens with one attached hydrogen (secondary N) is 1. The average molecular weight is 376 g/mol. The van der Waals surface area contributed by atoms with Crippen LogP contribution < -0.4 is 16.8 Å². The molecule has 142 valence electrons. The zero-order chi connectivity index (χ0) is 19.2. The second-order valence-corrected chi connectivity index (χ2v) is 6.38. The first-order valence-electron chi connectivity index (χ1n) is 7.92. The predicted molar refractivity (Wildman–Crippen MR) is 84.2 cm³/mol. The van der Waals surface area contributed by atoms with Crippen LogP contribution in [0.5, 0.6) is 0 Å². The van der Waals surface area contributed by atoms with Gasteiger partial charge in [-0.25, -0.2) is 23.7 Å². The minimum absolute atomic E-state index is 0.00150. The molecule has 6 nitrogen and oxygen atoms in total. The molecular formula is C15H17F5N6. The Morgan fingerprint density at radius 2 is 1.62 bits per heavy atom. The summed E-state index contributed by atoms with van der Waals surface area (Å²) in [4.78, 5) is 12.0. The topological polar surface area (TPSA) is 102 Å². The van der Waals surface area contributed by atoms with E-state index in [1.807, 2.05) is 0 Å². The molecule has 0 bridgehead atoms. The lowest BCUT2D eigenvalue weighted by molar-refractivity contribution is -0.141. The third-order valence-electron chi connectivity index (χ3n) is 4.54. The molecule has 1 aromatic heterocycles. The molecule has 0 saturated heterocycles. The lowest BCUT2D eigenvalue weighted by Crippen LogP contribution is -2.51. The van der Waals surface area contributed by atoms with E-state index in [0.717, 1.165) is 6.07 Å². The second-order valence-electron chi connectivity index (χ2n) is 6.38. The van der Waals surface area contributed by atoms with Crippen molar-refractivity contribution < 1.29 is 22.0 Å². The van der Waals surface area contributed by atoms with Gasteiger partial charge in [0.1, 0.15) is 5.69 Å².